The lowest BCUT2D eigenvalue weighted by Gasteiger charge is -2.30. The number of hydrogen-bond donors (Lipinski definition) is 0. The standard InChI is InChI=1S/C16H18F3NO5.ClH/c1-23-15(22)25-14-10-20(6-5-13(14)21)7-8-24-12-4-2-3-11(9-12)16(17,18)19;/h2-4,9,14H,5-8,10H2,1H3;1H. The molecule has 146 valence electrons. The highest BCUT2D eigenvalue weighted by Crippen LogP contribution is 2.31. The number of nitrogens with zero attached hydrogens (tertiary/aromatic N) is 1. The van der Waals surface area contributed by atoms with E-state index in [1.807, 2.05) is 4.90 Å². The highest BCUT2D eigenvalue weighted by Gasteiger charge is 2.31. The van der Waals surface area contributed by atoms with Crippen molar-refractivity contribution in [1.29, 1.82) is 0 Å². The molecule has 0 bridgehead atoms. The quantitative estimate of drug-likeness (QED) is 0.712. The molecule has 0 amide bonds. The van der Waals surface area contributed by atoms with Crippen LogP contribution in [0.1, 0.15) is 12.0 Å². The van der Waals surface area contributed by atoms with Crippen LogP contribution >= 0.6 is 12.4 Å². The van der Waals surface area contributed by atoms with Crippen LogP contribution in [0.4, 0.5) is 18.0 Å². The van der Waals surface area contributed by atoms with Crippen molar-refractivity contribution < 1.29 is 37.0 Å². The first-order chi connectivity index (χ1) is 11.8. The van der Waals surface area contributed by atoms with Gasteiger partial charge in [0.2, 0.25) is 0 Å². The van der Waals surface area contributed by atoms with Crippen LogP contribution in [0.5, 0.6) is 5.75 Å². The molecule has 1 unspecified atom stereocenters. The number of halogens is 4. The van der Waals surface area contributed by atoms with Gasteiger partial charge >= 0.3 is 12.3 Å². The number of ketones is 1. The van der Waals surface area contributed by atoms with Gasteiger partial charge in [0.05, 0.1) is 12.7 Å². The van der Waals surface area contributed by atoms with E-state index in [0.717, 1.165) is 19.2 Å². The van der Waals surface area contributed by atoms with E-state index in [1.165, 1.54) is 12.1 Å². The Hall–Kier alpha value is -2.00. The van der Waals surface area contributed by atoms with Crippen molar-refractivity contribution in [3.8, 4) is 5.75 Å². The normalized spacial score (nSPS) is 18.0. The molecule has 1 heterocycles. The molecule has 0 saturated carbocycles. The minimum atomic E-state index is -4.43. The second-order valence-corrected chi connectivity index (χ2v) is 5.45. The van der Waals surface area contributed by atoms with Crippen LogP contribution in [-0.2, 0) is 20.4 Å². The fourth-order valence-corrected chi connectivity index (χ4v) is 2.38. The molecule has 26 heavy (non-hydrogen) atoms. The van der Waals surface area contributed by atoms with E-state index < -0.39 is 24.0 Å². The summed E-state index contributed by atoms with van der Waals surface area (Å²) in [5.41, 5.74) is -0.778. The lowest BCUT2D eigenvalue weighted by molar-refractivity contribution is -0.137. The molecule has 0 spiro atoms. The number of methoxy groups -OCH3 is 1. The monoisotopic (exact) mass is 397 g/mol. The van der Waals surface area contributed by atoms with Gasteiger partial charge in [0.25, 0.3) is 0 Å². The van der Waals surface area contributed by atoms with Gasteiger partial charge in [0, 0.05) is 26.1 Å². The second-order valence-electron chi connectivity index (χ2n) is 5.45. The van der Waals surface area contributed by atoms with Crippen LogP contribution in [0.3, 0.4) is 0 Å². The number of likely N-dealkylation sites (tertiary alicyclic amines) is 1. The molecule has 10 heteroatoms. The molecule has 0 aromatic heterocycles. The van der Waals surface area contributed by atoms with Crippen molar-refractivity contribution in [3.63, 3.8) is 0 Å². The number of carbonyl (C=O) groups is 2. The zero-order valence-electron chi connectivity index (χ0n) is 14.0. The molecule has 6 nitrogen and oxygen atoms in total. The summed E-state index contributed by atoms with van der Waals surface area (Å²) in [5.74, 6) is -0.0780. The summed E-state index contributed by atoms with van der Waals surface area (Å²) in [7, 11) is 1.15. The van der Waals surface area contributed by atoms with E-state index in [4.69, 9.17) is 9.47 Å². The third kappa shape index (κ3) is 6.38. The SMILES string of the molecule is COC(=O)OC1CN(CCOc2cccc(C(F)(F)F)c2)CCC1=O.Cl. The number of benzene rings is 1. The Kier molecular flexibility index (Phi) is 8.16. The summed E-state index contributed by atoms with van der Waals surface area (Å²) in [6.45, 7) is 1.18. The maximum Gasteiger partial charge on any atom is 0.508 e. The Morgan fingerprint density at radius 3 is 2.73 bits per heavy atom. The molecule has 1 aliphatic rings. The minimum absolute atomic E-state index is 0. The number of hydrogen-bond acceptors (Lipinski definition) is 6. The van der Waals surface area contributed by atoms with Crippen LogP contribution in [0.2, 0.25) is 0 Å². The maximum atomic E-state index is 12.6. The predicted octanol–water partition coefficient (Wildman–Crippen LogP) is 2.93. The van der Waals surface area contributed by atoms with E-state index in [9.17, 15) is 22.8 Å². The Bertz CT molecular complexity index is 626. The van der Waals surface area contributed by atoms with Gasteiger partial charge < -0.3 is 14.2 Å². The summed E-state index contributed by atoms with van der Waals surface area (Å²) in [4.78, 5) is 24.7. The van der Waals surface area contributed by atoms with E-state index in [1.54, 1.807) is 0 Å². The molecular weight excluding hydrogens is 379 g/mol. The molecule has 1 aliphatic heterocycles. The van der Waals surface area contributed by atoms with Gasteiger partial charge in [-0.2, -0.15) is 13.2 Å². The van der Waals surface area contributed by atoms with Gasteiger partial charge in [-0.05, 0) is 18.2 Å². The molecular formula is C16H19ClF3NO5. The minimum Gasteiger partial charge on any atom is -0.492 e. The first-order valence-corrected chi connectivity index (χ1v) is 7.59. The largest absolute Gasteiger partial charge is 0.508 e. The third-order valence-electron chi connectivity index (χ3n) is 3.70. The number of alkyl halides is 3. The van der Waals surface area contributed by atoms with Crippen LogP contribution in [-0.4, -0.2) is 56.3 Å². The van der Waals surface area contributed by atoms with E-state index >= 15 is 0 Å². The van der Waals surface area contributed by atoms with Gasteiger partial charge in [0.1, 0.15) is 12.4 Å². The lowest BCUT2D eigenvalue weighted by atomic mass is 10.1. The van der Waals surface area contributed by atoms with Gasteiger partial charge in [-0.1, -0.05) is 6.07 Å². The average molecular weight is 398 g/mol. The van der Waals surface area contributed by atoms with E-state index in [-0.39, 0.29) is 43.5 Å². The molecule has 1 aromatic rings. The van der Waals surface area contributed by atoms with Crippen molar-refractivity contribution in [2.45, 2.75) is 18.7 Å². The zero-order valence-corrected chi connectivity index (χ0v) is 14.8. The van der Waals surface area contributed by atoms with Crippen molar-refractivity contribution in [3.05, 3.63) is 29.8 Å². The number of rotatable bonds is 5. The van der Waals surface area contributed by atoms with Crippen molar-refractivity contribution in [2.24, 2.45) is 0 Å². The van der Waals surface area contributed by atoms with Crippen LogP contribution < -0.4 is 4.74 Å². The second kappa shape index (κ2) is 9.63. The molecule has 0 radical (unpaired) electrons. The Labute approximate surface area is 154 Å². The van der Waals surface area contributed by atoms with Gasteiger partial charge in [0.15, 0.2) is 11.9 Å². The summed E-state index contributed by atoms with van der Waals surface area (Å²) < 4.78 is 52.5. The third-order valence-corrected chi connectivity index (χ3v) is 3.70. The number of ether oxygens (including phenoxy) is 3. The number of Topliss-reactive ketones (excluding diaryl/α,β-unsaturated/α-hetero) is 1. The van der Waals surface area contributed by atoms with Crippen molar-refractivity contribution in [2.75, 3.05) is 33.4 Å². The molecule has 0 aliphatic carbocycles. The fourth-order valence-electron chi connectivity index (χ4n) is 2.38. The first kappa shape index (κ1) is 22.0. The van der Waals surface area contributed by atoms with Gasteiger partial charge in [-0.15, -0.1) is 12.4 Å². The molecule has 2 rings (SSSR count). The fraction of sp³-hybridized carbons (Fsp3) is 0.500. The van der Waals surface area contributed by atoms with Crippen LogP contribution in [0.15, 0.2) is 24.3 Å². The van der Waals surface area contributed by atoms with Crippen molar-refractivity contribution >= 4 is 24.3 Å². The van der Waals surface area contributed by atoms with Crippen molar-refractivity contribution in [1.82, 2.24) is 4.90 Å². The molecule has 0 N–H and O–H groups in total. The Morgan fingerprint density at radius 2 is 2.08 bits per heavy atom. The predicted molar refractivity (Wildman–Crippen MR) is 87.5 cm³/mol. The topological polar surface area (TPSA) is 65.1 Å². The summed E-state index contributed by atoms with van der Waals surface area (Å²) in [5, 5.41) is 0. The summed E-state index contributed by atoms with van der Waals surface area (Å²) in [6.07, 6.45) is -6.05. The lowest BCUT2D eigenvalue weighted by Crippen LogP contribution is -2.47. The Balaban J connectivity index is 0.00000338. The molecule has 1 fully saturated rings. The Morgan fingerprint density at radius 1 is 1.35 bits per heavy atom. The first-order valence-electron chi connectivity index (χ1n) is 7.59. The average Bonchev–Trinajstić information content (AvgIpc) is 2.57. The highest BCUT2D eigenvalue weighted by atomic mass is 35.5. The molecule has 1 aromatic carbocycles. The summed E-state index contributed by atoms with van der Waals surface area (Å²) >= 11 is 0. The van der Waals surface area contributed by atoms with E-state index in [0.29, 0.717) is 13.1 Å². The van der Waals surface area contributed by atoms with Crippen LogP contribution in [0.25, 0.3) is 0 Å². The zero-order chi connectivity index (χ0) is 18.4. The molecule has 1 atom stereocenters. The molecule has 1 saturated heterocycles. The number of carbonyl (C=O) groups excluding carboxylic acids is 2. The van der Waals surface area contributed by atoms with E-state index in [2.05, 4.69) is 4.74 Å². The maximum absolute atomic E-state index is 12.6. The van der Waals surface area contributed by atoms with Gasteiger partial charge in [-0.3, -0.25) is 9.69 Å². The highest BCUT2D eigenvalue weighted by molar-refractivity contribution is 5.86. The summed E-state index contributed by atoms with van der Waals surface area (Å²) in [6, 6.07) is 4.62. The number of piperidine rings is 1. The van der Waals surface area contributed by atoms with Crippen LogP contribution in [0, 0.1) is 0 Å². The van der Waals surface area contributed by atoms with Gasteiger partial charge in [-0.25, -0.2) is 4.79 Å². The smallest absolute Gasteiger partial charge is 0.492 e.